The monoisotopic (exact) mass is 385 g/mol. The molecule has 0 bridgehead atoms. The van der Waals surface area contributed by atoms with Crippen LogP contribution in [0.4, 0.5) is 5.69 Å². The van der Waals surface area contributed by atoms with E-state index in [4.69, 9.17) is 4.74 Å². The fraction of sp³-hybridized carbons (Fsp3) is 0.250. The van der Waals surface area contributed by atoms with Crippen molar-refractivity contribution in [2.24, 2.45) is 0 Å². The van der Waals surface area contributed by atoms with Gasteiger partial charge >= 0.3 is 0 Å². The first-order valence-corrected chi connectivity index (χ1v) is 8.61. The third-order valence-corrected chi connectivity index (χ3v) is 4.69. The van der Waals surface area contributed by atoms with Gasteiger partial charge in [0.2, 0.25) is 0 Å². The number of anilines is 1. The van der Waals surface area contributed by atoms with Gasteiger partial charge in [-0.15, -0.1) is 0 Å². The van der Waals surface area contributed by atoms with E-state index in [1.165, 1.54) is 0 Å². The lowest BCUT2D eigenvalue weighted by atomic mass is 9.85. The van der Waals surface area contributed by atoms with E-state index in [9.17, 15) is 4.79 Å². The summed E-state index contributed by atoms with van der Waals surface area (Å²) in [6.07, 6.45) is 1.93. The van der Waals surface area contributed by atoms with Crippen molar-refractivity contribution in [3.63, 3.8) is 0 Å². The zero-order valence-corrected chi connectivity index (χ0v) is 15.8. The Morgan fingerprint density at radius 2 is 1.88 bits per heavy atom. The van der Waals surface area contributed by atoms with Gasteiger partial charge in [-0.25, -0.2) is 0 Å². The van der Waals surface area contributed by atoms with Gasteiger partial charge < -0.3 is 10.1 Å². The molecule has 0 unspecified atom stereocenters. The molecular formula is C20H20BrNO2. The minimum atomic E-state index is -0.0712. The molecule has 3 nitrogen and oxygen atoms in total. The highest BCUT2D eigenvalue weighted by atomic mass is 79.9. The minimum absolute atomic E-state index is 0.0690. The molecule has 0 spiro atoms. The average Bonchev–Trinajstić information content (AvgIpc) is 2.82. The molecule has 4 heteroatoms. The van der Waals surface area contributed by atoms with Gasteiger partial charge in [-0.2, -0.15) is 0 Å². The highest BCUT2D eigenvalue weighted by Crippen LogP contribution is 2.39. The molecule has 1 aliphatic heterocycles. The van der Waals surface area contributed by atoms with E-state index in [-0.39, 0.29) is 11.3 Å². The van der Waals surface area contributed by atoms with Crippen LogP contribution in [0.5, 0.6) is 5.75 Å². The van der Waals surface area contributed by atoms with Crippen LogP contribution in [0.2, 0.25) is 0 Å². The van der Waals surface area contributed by atoms with Gasteiger partial charge in [-0.05, 0) is 51.2 Å². The summed E-state index contributed by atoms with van der Waals surface area (Å²) >= 11 is 3.59. The molecule has 0 atom stereocenters. The van der Waals surface area contributed by atoms with Gasteiger partial charge in [0.1, 0.15) is 5.75 Å². The lowest BCUT2D eigenvalue weighted by molar-refractivity contribution is -0.110. The van der Waals surface area contributed by atoms with Crippen molar-refractivity contribution in [3.8, 4) is 5.75 Å². The number of carbonyl (C=O) groups is 1. The number of benzene rings is 2. The summed E-state index contributed by atoms with van der Waals surface area (Å²) in [5.41, 5.74) is 4.47. The summed E-state index contributed by atoms with van der Waals surface area (Å²) in [6, 6.07) is 11.8. The Labute approximate surface area is 150 Å². The zero-order chi connectivity index (χ0) is 17.5. The summed E-state index contributed by atoms with van der Waals surface area (Å²) in [5, 5.41) is 2.91. The van der Waals surface area contributed by atoms with Crippen molar-refractivity contribution in [2.75, 3.05) is 12.4 Å². The second-order valence-corrected chi connectivity index (χ2v) is 7.75. The van der Waals surface area contributed by atoms with E-state index in [0.717, 1.165) is 32.6 Å². The average molecular weight is 386 g/mol. The van der Waals surface area contributed by atoms with Crippen LogP contribution in [0.3, 0.4) is 0 Å². The predicted molar refractivity (Wildman–Crippen MR) is 102 cm³/mol. The van der Waals surface area contributed by atoms with Crippen LogP contribution < -0.4 is 10.1 Å². The molecule has 24 heavy (non-hydrogen) atoms. The van der Waals surface area contributed by atoms with Gasteiger partial charge in [-0.3, -0.25) is 4.79 Å². The van der Waals surface area contributed by atoms with Crippen LogP contribution in [0.1, 0.15) is 37.5 Å². The van der Waals surface area contributed by atoms with Crippen molar-refractivity contribution in [1.82, 2.24) is 0 Å². The maximum Gasteiger partial charge on any atom is 0.256 e. The molecule has 2 aromatic rings. The van der Waals surface area contributed by atoms with Gasteiger partial charge in [-0.1, -0.05) is 39.0 Å². The topological polar surface area (TPSA) is 38.3 Å². The maximum absolute atomic E-state index is 12.3. The Balaban J connectivity index is 2.15. The fourth-order valence-corrected chi connectivity index (χ4v) is 3.55. The van der Waals surface area contributed by atoms with E-state index >= 15 is 0 Å². The largest absolute Gasteiger partial charge is 0.495 e. The highest BCUT2D eigenvalue weighted by Gasteiger charge is 2.25. The van der Waals surface area contributed by atoms with Gasteiger partial charge in [0.25, 0.3) is 5.91 Å². The zero-order valence-electron chi connectivity index (χ0n) is 14.2. The van der Waals surface area contributed by atoms with Gasteiger partial charge in [0, 0.05) is 22.4 Å². The quantitative estimate of drug-likeness (QED) is 0.717. The van der Waals surface area contributed by atoms with E-state index in [2.05, 4.69) is 48.1 Å². The molecular weight excluding hydrogens is 366 g/mol. The second-order valence-electron chi connectivity index (χ2n) is 6.89. The molecule has 124 valence electrons. The lowest BCUT2D eigenvalue weighted by Gasteiger charge is -2.23. The number of rotatable bonds is 2. The fourth-order valence-electron chi connectivity index (χ4n) is 2.91. The summed E-state index contributed by atoms with van der Waals surface area (Å²) < 4.78 is 6.44. The maximum atomic E-state index is 12.3. The van der Waals surface area contributed by atoms with Crippen LogP contribution in [-0.4, -0.2) is 13.0 Å². The molecule has 1 amide bonds. The molecule has 0 radical (unpaired) electrons. The second kappa shape index (κ2) is 6.10. The van der Waals surface area contributed by atoms with Crippen LogP contribution in [-0.2, 0) is 10.2 Å². The number of amides is 1. The van der Waals surface area contributed by atoms with Crippen molar-refractivity contribution in [3.05, 3.63) is 57.6 Å². The molecule has 2 aromatic carbocycles. The Bertz CT molecular complexity index is 847. The standard InChI is InChI=1S/C20H20BrNO2/c1-20(2,3)15-10-12(11-16(21)18(15)24-4)9-14-13-7-5-6-8-17(13)22-19(14)23/h5-11H,1-4H3,(H,22,23)/b14-9+. The Morgan fingerprint density at radius 3 is 2.54 bits per heavy atom. The van der Waals surface area contributed by atoms with E-state index in [0.29, 0.717) is 5.57 Å². The molecule has 0 aromatic heterocycles. The number of para-hydroxylation sites is 1. The van der Waals surface area contributed by atoms with Crippen molar-refractivity contribution in [1.29, 1.82) is 0 Å². The van der Waals surface area contributed by atoms with Crippen LogP contribution in [0, 0.1) is 0 Å². The van der Waals surface area contributed by atoms with Gasteiger partial charge in [0.15, 0.2) is 0 Å². The summed E-state index contributed by atoms with van der Waals surface area (Å²) in [7, 11) is 1.67. The first kappa shape index (κ1) is 16.8. The molecule has 1 aliphatic rings. The normalized spacial score (nSPS) is 15.4. The number of carbonyl (C=O) groups excluding carboxylic acids is 1. The van der Waals surface area contributed by atoms with E-state index < -0.39 is 0 Å². The number of methoxy groups -OCH3 is 1. The third-order valence-electron chi connectivity index (χ3n) is 4.10. The molecule has 0 saturated carbocycles. The molecule has 0 aliphatic carbocycles. The first-order chi connectivity index (χ1) is 11.3. The molecule has 1 heterocycles. The Morgan fingerprint density at radius 1 is 1.17 bits per heavy atom. The summed E-state index contributed by atoms with van der Waals surface area (Å²) in [4.78, 5) is 12.3. The van der Waals surface area contributed by atoms with E-state index in [1.807, 2.05) is 36.4 Å². The van der Waals surface area contributed by atoms with Crippen molar-refractivity contribution < 1.29 is 9.53 Å². The number of nitrogens with one attached hydrogen (secondary N) is 1. The molecule has 0 saturated heterocycles. The highest BCUT2D eigenvalue weighted by molar-refractivity contribution is 9.10. The predicted octanol–water partition coefficient (Wildman–Crippen LogP) is 5.25. The lowest BCUT2D eigenvalue weighted by Crippen LogP contribution is -2.13. The Kier molecular flexibility index (Phi) is 4.26. The molecule has 3 rings (SSSR count). The first-order valence-electron chi connectivity index (χ1n) is 7.81. The minimum Gasteiger partial charge on any atom is -0.495 e. The van der Waals surface area contributed by atoms with Crippen LogP contribution in [0.25, 0.3) is 11.6 Å². The van der Waals surface area contributed by atoms with Crippen molar-refractivity contribution in [2.45, 2.75) is 26.2 Å². The Hall–Kier alpha value is -2.07. The van der Waals surface area contributed by atoms with Gasteiger partial charge in [0.05, 0.1) is 11.6 Å². The smallest absolute Gasteiger partial charge is 0.256 e. The summed E-state index contributed by atoms with van der Waals surface area (Å²) in [6.45, 7) is 6.43. The van der Waals surface area contributed by atoms with E-state index in [1.54, 1.807) is 7.11 Å². The van der Waals surface area contributed by atoms with Crippen LogP contribution >= 0.6 is 15.9 Å². The number of hydrogen-bond donors (Lipinski definition) is 1. The number of ether oxygens (including phenoxy) is 1. The summed E-state index contributed by atoms with van der Waals surface area (Å²) in [5.74, 6) is 0.765. The van der Waals surface area contributed by atoms with Crippen molar-refractivity contribution >= 4 is 39.2 Å². The number of hydrogen-bond acceptors (Lipinski definition) is 2. The number of halogens is 1. The molecule has 1 N–H and O–H groups in total. The SMILES string of the molecule is COc1c(Br)cc(/C=C2/C(=O)Nc3ccccc32)cc1C(C)(C)C. The molecule has 0 fully saturated rings. The third kappa shape index (κ3) is 2.98. The number of fused-ring (bicyclic) bond motifs is 1. The van der Waals surface area contributed by atoms with Crippen LogP contribution in [0.15, 0.2) is 40.9 Å².